The molecule has 3 rings (SSSR count). The second-order valence-electron chi connectivity index (χ2n) is 5.69. The first-order valence-electron chi connectivity index (χ1n) is 6.89. The van der Waals surface area contributed by atoms with Gasteiger partial charge >= 0.3 is 0 Å². The normalized spacial score (nSPS) is 24.1. The van der Waals surface area contributed by atoms with Crippen LogP contribution in [-0.2, 0) is 5.60 Å². The van der Waals surface area contributed by atoms with Crippen LogP contribution in [0.5, 0.6) is 0 Å². The number of aliphatic hydroxyl groups is 1. The Hall–Kier alpha value is -0.570. The molecule has 98 valence electrons. The van der Waals surface area contributed by atoms with E-state index in [2.05, 4.69) is 4.90 Å². The molecular formula is C15H20ClNO. The van der Waals surface area contributed by atoms with E-state index in [0.717, 1.165) is 43.1 Å². The molecule has 1 aliphatic heterocycles. The van der Waals surface area contributed by atoms with Gasteiger partial charge in [0.05, 0.1) is 0 Å². The Labute approximate surface area is 114 Å². The molecule has 2 nitrogen and oxygen atoms in total. The molecule has 2 fully saturated rings. The van der Waals surface area contributed by atoms with Crippen molar-refractivity contribution in [2.24, 2.45) is 5.92 Å². The first-order chi connectivity index (χ1) is 8.68. The summed E-state index contributed by atoms with van der Waals surface area (Å²) < 4.78 is 0. The summed E-state index contributed by atoms with van der Waals surface area (Å²) >= 11 is 5.94. The smallest absolute Gasteiger partial charge is 0.105 e. The van der Waals surface area contributed by atoms with E-state index in [4.69, 9.17) is 11.6 Å². The third kappa shape index (κ3) is 2.42. The van der Waals surface area contributed by atoms with Gasteiger partial charge in [0, 0.05) is 11.6 Å². The minimum absolute atomic E-state index is 0.430. The molecule has 1 aromatic carbocycles. The molecule has 0 amide bonds. The van der Waals surface area contributed by atoms with Crippen molar-refractivity contribution in [3.8, 4) is 0 Å². The zero-order valence-corrected chi connectivity index (χ0v) is 11.4. The van der Waals surface area contributed by atoms with E-state index in [9.17, 15) is 5.11 Å². The van der Waals surface area contributed by atoms with Crippen LogP contribution in [0.3, 0.4) is 0 Å². The highest BCUT2D eigenvalue weighted by Gasteiger charge is 2.46. The van der Waals surface area contributed by atoms with E-state index in [0.29, 0.717) is 5.92 Å². The van der Waals surface area contributed by atoms with E-state index in [1.165, 1.54) is 12.8 Å². The molecule has 1 atom stereocenters. The average molecular weight is 266 g/mol. The van der Waals surface area contributed by atoms with E-state index in [1.54, 1.807) is 0 Å². The Balaban J connectivity index is 1.83. The van der Waals surface area contributed by atoms with Crippen molar-refractivity contribution in [3.63, 3.8) is 0 Å². The largest absolute Gasteiger partial charge is 0.384 e. The molecule has 1 aromatic rings. The SMILES string of the molecule is OC(CN1CCCC1)(c1ccc(Cl)cc1)C1CC1. The van der Waals surface area contributed by atoms with Crippen LogP contribution < -0.4 is 0 Å². The van der Waals surface area contributed by atoms with Crippen molar-refractivity contribution >= 4 is 11.6 Å². The second-order valence-corrected chi connectivity index (χ2v) is 6.13. The van der Waals surface area contributed by atoms with Crippen molar-refractivity contribution < 1.29 is 5.11 Å². The maximum absolute atomic E-state index is 11.1. The lowest BCUT2D eigenvalue weighted by atomic mass is 9.88. The Morgan fingerprint density at radius 2 is 1.78 bits per heavy atom. The Morgan fingerprint density at radius 1 is 1.17 bits per heavy atom. The molecule has 1 N–H and O–H groups in total. The summed E-state index contributed by atoms with van der Waals surface area (Å²) in [6.07, 6.45) is 4.82. The fourth-order valence-corrected chi connectivity index (χ4v) is 3.16. The number of hydrogen-bond donors (Lipinski definition) is 1. The summed E-state index contributed by atoms with van der Waals surface area (Å²) in [4.78, 5) is 2.40. The molecule has 1 heterocycles. The predicted octanol–water partition coefficient (Wildman–Crippen LogP) is 3.03. The average Bonchev–Trinajstić information content (AvgIpc) is 3.11. The fraction of sp³-hybridized carbons (Fsp3) is 0.600. The van der Waals surface area contributed by atoms with Gasteiger partial charge in [-0.15, -0.1) is 0 Å². The molecule has 0 radical (unpaired) electrons. The van der Waals surface area contributed by atoms with Gasteiger partial charge in [0.25, 0.3) is 0 Å². The lowest BCUT2D eigenvalue weighted by molar-refractivity contribution is -0.0158. The third-order valence-electron chi connectivity index (χ3n) is 4.26. The zero-order chi connectivity index (χ0) is 12.6. The van der Waals surface area contributed by atoms with Gasteiger partial charge in [-0.2, -0.15) is 0 Å². The van der Waals surface area contributed by atoms with Crippen molar-refractivity contribution in [1.82, 2.24) is 4.90 Å². The summed E-state index contributed by atoms with van der Waals surface area (Å²) in [5, 5.41) is 11.8. The molecule has 1 aliphatic carbocycles. The molecule has 1 saturated heterocycles. The number of rotatable bonds is 4. The standard InChI is InChI=1S/C15H20ClNO/c16-14-7-5-13(6-8-14)15(18,12-3-4-12)11-17-9-1-2-10-17/h5-8,12,18H,1-4,9-11H2. The minimum atomic E-state index is -0.672. The number of halogens is 1. The van der Waals surface area contributed by atoms with Gasteiger partial charge in [0.2, 0.25) is 0 Å². The first kappa shape index (κ1) is 12.5. The Kier molecular flexibility index (Phi) is 3.35. The van der Waals surface area contributed by atoms with E-state index in [-0.39, 0.29) is 0 Å². The molecule has 1 unspecified atom stereocenters. The van der Waals surface area contributed by atoms with Crippen LogP contribution in [0.2, 0.25) is 5.02 Å². The number of benzene rings is 1. The van der Waals surface area contributed by atoms with Gasteiger partial charge in [-0.3, -0.25) is 0 Å². The highest BCUT2D eigenvalue weighted by molar-refractivity contribution is 6.30. The van der Waals surface area contributed by atoms with Crippen molar-refractivity contribution in [2.45, 2.75) is 31.3 Å². The van der Waals surface area contributed by atoms with Crippen molar-refractivity contribution in [3.05, 3.63) is 34.9 Å². The summed E-state index contributed by atoms with van der Waals surface area (Å²) in [6.45, 7) is 3.03. The highest BCUT2D eigenvalue weighted by atomic mass is 35.5. The lowest BCUT2D eigenvalue weighted by Gasteiger charge is -2.33. The molecule has 3 heteroatoms. The van der Waals surface area contributed by atoms with Crippen LogP contribution in [0.25, 0.3) is 0 Å². The Morgan fingerprint density at radius 3 is 2.33 bits per heavy atom. The summed E-state index contributed by atoms with van der Waals surface area (Å²) in [5.41, 5.74) is 0.357. The molecular weight excluding hydrogens is 246 g/mol. The monoisotopic (exact) mass is 265 g/mol. The molecule has 18 heavy (non-hydrogen) atoms. The Bertz CT molecular complexity index is 409. The van der Waals surface area contributed by atoms with Crippen molar-refractivity contribution in [1.29, 1.82) is 0 Å². The van der Waals surface area contributed by atoms with Crippen LogP contribution in [0.1, 0.15) is 31.2 Å². The van der Waals surface area contributed by atoms with Crippen molar-refractivity contribution in [2.75, 3.05) is 19.6 Å². The van der Waals surface area contributed by atoms with Gasteiger partial charge in [-0.25, -0.2) is 0 Å². The van der Waals surface area contributed by atoms with E-state index >= 15 is 0 Å². The number of likely N-dealkylation sites (tertiary alicyclic amines) is 1. The maximum atomic E-state index is 11.1. The van der Waals surface area contributed by atoms with Gasteiger partial charge in [0.15, 0.2) is 0 Å². The summed E-state index contributed by atoms with van der Waals surface area (Å²) in [6, 6.07) is 7.73. The molecule has 0 spiro atoms. The van der Waals surface area contributed by atoms with E-state index in [1.807, 2.05) is 24.3 Å². The van der Waals surface area contributed by atoms with Crippen LogP contribution in [0.4, 0.5) is 0 Å². The quantitative estimate of drug-likeness (QED) is 0.905. The van der Waals surface area contributed by atoms with Crippen LogP contribution in [0, 0.1) is 5.92 Å². The number of nitrogens with zero attached hydrogens (tertiary/aromatic N) is 1. The van der Waals surface area contributed by atoms with Gasteiger partial charge in [-0.1, -0.05) is 23.7 Å². The minimum Gasteiger partial charge on any atom is -0.384 e. The van der Waals surface area contributed by atoms with E-state index < -0.39 is 5.60 Å². The fourth-order valence-electron chi connectivity index (χ4n) is 3.04. The maximum Gasteiger partial charge on any atom is 0.105 e. The van der Waals surface area contributed by atoms with Gasteiger partial charge < -0.3 is 10.0 Å². The predicted molar refractivity (Wildman–Crippen MR) is 73.7 cm³/mol. The molecule has 1 saturated carbocycles. The number of β-amino-alcohol motifs (C(OH)–C–C–N with tert-alkyl or cyclic N) is 1. The third-order valence-corrected chi connectivity index (χ3v) is 4.51. The summed E-state index contributed by atoms with van der Waals surface area (Å²) in [7, 11) is 0. The van der Waals surface area contributed by atoms with Crippen LogP contribution >= 0.6 is 11.6 Å². The van der Waals surface area contributed by atoms with Gasteiger partial charge in [-0.05, 0) is 62.4 Å². The topological polar surface area (TPSA) is 23.5 Å². The molecule has 2 aliphatic rings. The molecule has 0 aromatic heterocycles. The first-order valence-corrected chi connectivity index (χ1v) is 7.27. The number of hydrogen-bond acceptors (Lipinski definition) is 2. The van der Waals surface area contributed by atoms with Crippen LogP contribution in [-0.4, -0.2) is 29.6 Å². The highest BCUT2D eigenvalue weighted by Crippen LogP contribution is 2.46. The zero-order valence-electron chi connectivity index (χ0n) is 10.6. The summed E-state index contributed by atoms with van der Waals surface area (Å²) in [5.74, 6) is 0.430. The van der Waals surface area contributed by atoms with Gasteiger partial charge in [0.1, 0.15) is 5.60 Å². The lowest BCUT2D eigenvalue weighted by Crippen LogP contribution is -2.41. The second kappa shape index (κ2) is 4.84. The van der Waals surface area contributed by atoms with Crippen LogP contribution in [0.15, 0.2) is 24.3 Å². The molecule has 0 bridgehead atoms.